The first-order valence-corrected chi connectivity index (χ1v) is 7.43. The Balaban J connectivity index is 1.72. The smallest absolute Gasteiger partial charge is 0.128 e. The molecule has 1 aliphatic heterocycles. The van der Waals surface area contributed by atoms with Crippen LogP contribution in [0.5, 0.6) is 0 Å². The summed E-state index contributed by atoms with van der Waals surface area (Å²) in [4.78, 5) is 6.79. The van der Waals surface area contributed by atoms with Gasteiger partial charge in [0, 0.05) is 25.3 Å². The molecule has 0 spiro atoms. The molecule has 4 heteroatoms. The highest BCUT2D eigenvalue weighted by atomic mass is 16.5. The van der Waals surface area contributed by atoms with Crippen molar-refractivity contribution >= 4 is 5.82 Å². The summed E-state index contributed by atoms with van der Waals surface area (Å²) in [6, 6.07) is 6.37. The third-order valence-electron chi connectivity index (χ3n) is 4.30. The van der Waals surface area contributed by atoms with Gasteiger partial charge in [0.15, 0.2) is 0 Å². The molecule has 106 valence electrons. The van der Waals surface area contributed by atoms with E-state index in [1.807, 2.05) is 12.1 Å². The van der Waals surface area contributed by atoms with Crippen LogP contribution in [0.15, 0.2) is 18.3 Å². The Kier molecular flexibility index (Phi) is 3.62. The summed E-state index contributed by atoms with van der Waals surface area (Å²) in [7, 11) is 0. The molecule has 2 heterocycles. The van der Waals surface area contributed by atoms with Gasteiger partial charge < -0.3 is 9.64 Å². The predicted molar refractivity (Wildman–Crippen MR) is 77.4 cm³/mol. The Hall–Kier alpha value is -1.60. The highest BCUT2D eigenvalue weighted by molar-refractivity contribution is 5.45. The molecule has 0 unspecified atom stereocenters. The first-order chi connectivity index (χ1) is 9.69. The largest absolute Gasteiger partial charge is 0.375 e. The highest BCUT2D eigenvalue weighted by Crippen LogP contribution is 2.41. The second-order valence-corrected chi connectivity index (χ2v) is 6.27. The third-order valence-corrected chi connectivity index (χ3v) is 4.30. The van der Waals surface area contributed by atoms with Crippen LogP contribution >= 0.6 is 0 Å². The maximum Gasteiger partial charge on any atom is 0.128 e. The molecule has 1 aromatic rings. The van der Waals surface area contributed by atoms with Crippen molar-refractivity contribution in [2.24, 2.45) is 11.8 Å². The number of hydrogen-bond donors (Lipinski definition) is 0. The lowest BCUT2D eigenvalue weighted by molar-refractivity contribution is 0.0231. The van der Waals surface area contributed by atoms with Gasteiger partial charge in [-0.2, -0.15) is 5.26 Å². The Morgan fingerprint density at radius 3 is 2.95 bits per heavy atom. The van der Waals surface area contributed by atoms with Crippen molar-refractivity contribution in [2.75, 3.05) is 18.1 Å². The first-order valence-electron chi connectivity index (χ1n) is 7.43. The fourth-order valence-electron chi connectivity index (χ4n) is 3.38. The molecule has 2 bridgehead atoms. The van der Waals surface area contributed by atoms with E-state index >= 15 is 0 Å². The maximum atomic E-state index is 8.84. The van der Waals surface area contributed by atoms with Crippen molar-refractivity contribution in [3.05, 3.63) is 23.9 Å². The van der Waals surface area contributed by atoms with Crippen LogP contribution in [0.3, 0.4) is 0 Å². The van der Waals surface area contributed by atoms with E-state index in [2.05, 4.69) is 29.8 Å². The van der Waals surface area contributed by atoms with Crippen molar-refractivity contribution in [3.8, 4) is 6.07 Å². The average Bonchev–Trinajstić information content (AvgIpc) is 3.02. The molecule has 20 heavy (non-hydrogen) atoms. The first kappa shape index (κ1) is 13.4. The van der Waals surface area contributed by atoms with Crippen LogP contribution in [-0.4, -0.2) is 30.3 Å². The lowest BCUT2D eigenvalue weighted by Crippen LogP contribution is -2.36. The van der Waals surface area contributed by atoms with Crippen LogP contribution < -0.4 is 4.90 Å². The minimum atomic E-state index is 0.356. The number of pyridine rings is 1. The van der Waals surface area contributed by atoms with Crippen LogP contribution in [0.25, 0.3) is 0 Å². The Labute approximate surface area is 120 Å². The number of ether oxygens (including phenoxy) is 1. The van der Waals surface area contributed by atoms with Crippen molar-refractivity contribution in [2.45, 2.75) is 38.8 Å². The van der Waals surface area contributed by atoms with E-state index in [1.54, 1.807) is 6.20 Å². The molecule has 0 aromatic carbocycles. The van der Waals surface area contributed by atoms with Gasteiger partial charge in [-0.3, -0.25) is 0 Å². The SMILES string of the molecule is CC(C)CO[C@@H]1[C@H]2CC[C@H]1N(c1ccc(C#N)cn1)C2. The summed E-state index contributed by atoms with van der Waals surface area (Å²) >= 11 is 0. The Bertz CT molecular complexity index is 505. The van der Waals surface area contributed by atoms with Crippen molar-refractivity contribution < 1.29 is 4.74 Å². The van der Waals surface area contributed by atoms with Gasteiger partial charge >= 0.3 is 0 Å². The van der Waals surface area contributed by atoms with E-state index < -0.39 is 0 Å². The summed E-state index contributed by atoms with van der Waals surface area (Å²) in [6.07, 6.45) is 4.47. The molecule has 4 nitrogen and oxygen atoms in total. The minimum absolute atomic E-state index is 0.356. The Morgan fingerprint density at radius 2 is 2.30 bits per heavy atom. The van der Waals surface area contributed by atoms with Gasteiger partial charge in [0.25, 0.3) is 0 Å². The van der Waals surface area contributed by atoms with Gasteiger partial charge in [-0.05, 0) is 30.9 Å². The number of fused-ring (bicyclic) bond motifs is 2. The monoisotopic (exact) mass is 271 g/mol. The number of hydrogen-bond acceptors (Lipinski definition) is 4. The molecule has 2 fully saturated rings. The topological polar surface area (TPSA) is 49.1 Å². The normalized spacial score (nSPS) is 28.1. The summed E-state index contributed by atoms with van der Waals surface area (Å²) in [6.45, 7) is 6.26. The molecule has 1 aliphatic carbocycles. The quantitative estimate of drug-likeness (QED) is 0.844. The lowest BCUT2D eigenvalue weighted by Gasteiger charge is -2.28. The number of piperidine rings is 1. The summed E-state index contributed by atoms with van der Waals surface area (Å²) in [5.74, 6) is 2.20. The van der Waals surface area contributed by atoms with Crippen molar-refractivity contribution in [3.63, 3.8) is 0 Å². The number of aromatic nitrogens is 1. The lowest BCUT2D eigenvalue weighted by atomic mass is 10.1. The fraction of sp³-hybridized carbons (Fsp3) is 0.625. The molecule has 3 rings (SSSR count). The molecule has 2 aliphatic rings. The van der Waals surface area contributed by atoms with Crippen molar-refractivity contribution in [1.82, 2.24) is 4.98 Å². The van der Waals surface area contributed by atoms with Crippen LogP contribution in [0.2, 0.25) is 0 Å². The molecule has 0 N–H and O–H groups in total. The van der Waals surface area contributed by atoms with Gasteiger partial charge in [0.1, 0.15) is 11.9 Å². The van der Waals surface area contributed by atoms with E-state index in [9.17, 15) is 0 Å². The highest BCUT2D eigenvalue weighted by Gasteiger charge is 2.48. The molecule has 0 amide bonds. The van der Waals surface area contributed by atoms with Gasteiger partial charge in [-0.15, -0.1) is 0 Å². The minimum Gasteiger partial charge on any atom is -0.375 e. The van der Waals surface area contributed by atoms with E-state index in [-0.39, 0.29) is 0 Å². The number of nitriles is 1. The van der Waals surface area contributed by atoms with E-state index in [4.69, 9.17) is 10.00 Å². The molecule has 0 radical (unpaired) electrons. The van der Waals surface area contributed by atoms with Crippen molar-refractivity contribution in [1.29, 1.82) is 5.26 Å². The molecule has 3 atom stereocenters. The molecule has 1 saturated heterocycles. The summed E-state index contributed by atoms with van der Waals surface area (Å²) < 4.78 is 6.13. The predicted octanol–water partition coefficient (Wildman–Crippen LogP) is 2.59. The third kappa shape index (κ3) is 2.38. The number of anilines is 1. The van der Waals surface area contributed by atoms with Crippen LogP contribution in [0.1, 0.15) is 32.3 Å². The van der Waals surface area contributed by atoms with Crippen LogP contribution in [0.4, 0.5) is 5.82 Å². The number of nitrogens with zero attached hydrogens (tertiary/aromatic N) is 3. The van der Waals surface area contributed by atoms with Gasteiger partial charge in [-0.25, -0.2) is 4.98 Å². The molecule has 1 aromatic heterocycles. The zero-order chi connectivity index (χ0) is 14.1. The summed E-state index contributed by atoms with van der Waals surface area (Å²) in [5.41, 5.74) is 0.616. The van der Waals surface area contributed by atoms with E-state index in [0.717, 1.165) is 19.0 Å². The second kappa shape index (κ2) is 5.41. The van der Waals surface area contributed by atoms with Gasteiger partial charge in [0.05, 0.1) is 17.7 Å². The van der Waals surface area contributed by atoms with Crippen LogP contribution in [0, 0.1) is 23.2 Å². The van der Waals surface area contributed by atoms with E-state index in [1.165, 1.54) is 12.8 Å². The zero-order valence-electron chi connectivity index (χ0n) is 12.1. The maximum absolute atomic E-state index is 8.84. The Morgan fingerprint density at radius 1 is 1.45 bits per heavy atom. The fourth-order valence-corrected chi connectivity index (χ4v) is 3.38. The standard InChI is InChI=1S/C16H21N3O/c1-11(2)10-20-16-13-4-5-14(16)19(9-13)15-6-3-12(7-17)8-18-15/h3,6,8,11,13-14,16H,4-5,9-10H2,1-2H3/t13-,14+,16+/m0/s1. The van der Waals surface area contributed by atoms with Gasteiger partial charge in [0.2, 0.25) is 0 Å². The summed E-state index contributed by atoms with van der Waals surface area (Å²) in [5, 5.41) is 8.84. The number of rotatable bonds is 4. The molecular weight excluding hydrogens is 250 g/mol. The average molecular weight is 271 g/mol. The zero-order valence-corrected chi connectivity index (χ0v) is 12.1. The molecular formula is C16H21N3O. The second-order valence-electron chi connectivity index (χ2n) is 6.27. The van der Waals surface area contributed by atoms with Crippen LogP contribution in [-0.2, 0) is 4.74 Å². The van der Waals surface area contributed by atoms with Gasteiger partial charge in [-0.1, -0.05) is 13.8 Å². The van der Waals surface area contributed by atoms with E-state index in [0.29, 0.717) is 29.5 Å². The molecule has 1 saturated carbocycles.